The number of benzene rings is 5. The van der Waals surface area contributed by atoms with Gasteiger partial charge in [-0.1, -0.05) is 97.1 Å². The molecule has 0 amide bonds. The Kier molecular flexibility index (Phi) is 3.57. The first-order chi connectivity index (χ1) is 17.2. The van der Waals surface area contributed by atoms with Crippen molar-refractivity contribution in [2.75, 3.05) is 0 Å². The van der Waals surface area contributed by atoms with Gasteiger partial charge in [0.15, 0.2) is 0 Å². The monoisotopic (exact) mass is 450 g/mol. The summed E-state index contributed by atoms with van der Waals surface area (Å²) in [6.45, 7) is 0. The fraction of sp³-hybridized carbons (Fsp3) is 0.0323. The second-order valence-corrected chi connectivity index (χ2v) is 9.45. The summed E-state index contributed by atoms with van der Waals surface area (Å²) >= 11 is 0. The first kappa shape index (κ1) is 19.2. The molecular formula is C31H19BO3. The average Bonchev–Trinajstić information content (AvgIpc) is 3.52. The molecule has 1 heterocycles. The molecule has 2 N–H and O–H groups in total. The number of hydrogen-bond donors (Lipinski definition) is 2. The summed E-state index contributed by atoms with van der Waals surface area (Å²) in [7, 11) is -1.60. The van der Waals surface area contributed by atoms with Gasteiger partial charge in [0, 0.05) is 16.2 Å². The summed E-state index contributed by atoms with van der Waals surface area (Å²) in [5.41, 5.74) is 11.2. The van der Waals surface area contributed by atoms with E-state index in [1.165, 1.54) is 38.9 Å². The van der Waals surface area contributed by atoms with Crippen LogP contribution < -0.4 is 5.46 Å². The van der Waals surface area contributed by atoms with Gasteiger partial charge in [0.05, 0.1) is 5.41 Å². The zero-order chi connectivity index (χ0) is 23.3. The Morgan fingerprint density at radius 1 is 0.571 bits per heavy atom. The molecule has 0 saturated heterocycles. The Labute approximate surface area is 202 Å². The summed E-state index contributed by atoms with van der Waals surface area (Å²) in [4.78, 5) is 0. The molecule has 164 valence electrons. The van der Waals surface area contributed by atoms with Gasteiger partial charge >= 0.3 is 7.12 Å². The maximum absolute atomic E-state index is 9.98. The highest BCUT2D eigenvalue weighted by molar-refractivity contribution is 6.61. The maximum Gasteiger partial charge on any atom is 0.492 e. The van der Waals surface area contributed by atoms with Gasteiger partial charge in [-0.15, -0.1) is 0 Å². The summed E-state index contributed by atoms with van der Waals surface area (Å²) in [6.07, 6.45) is 0. The van der Waals surface area contributed by atoms with E-state index in [2.05, 4.69) is 78.9 Å². The fourth-order valence-corrected chi connectivity index (χ4v) is 6.70. The first-order valence-corrected chi connectivity index (χ1v) is 11.9. The van der Waals surface area contributed by atoms with E-state index in [0.29, 0.717) is 11.0 Å². The smallest absolute Gasteiger partial charge is 0.456 e. The van der Waals surface area contributed by atoms with Crippen molar-refractivity contribution < 1.29 is 14.5 Å². The molecule has 0 aliphatic heterocycles. The van der Waals surface area contributed by atoms with Crippen LogP contribution in [-0.2, 0) is 5.41 Å². The van der Waals surface area contributed by atoms with E-state index < -0.39 is 12.5 Å². The van der Waals surface area contributed by atoms with Crippen LogP contribution in [0.5, 0.6) is 0 Å². The second-order valence-electron chi connectivity index (χ2n) is 9.45. The van der Waals surface area contributed by atoms with Crippen molar-refractivity contribution in [2.45, 2.75) is 5.41 Å². The summed E-state index contributed by atoms with van der Waals surface area (Å²) in [5, 5.41) is 21.9. The average molecular weight is 450 g/mol. The van der Waals surface area contributed by atoms with Crippen LogP contribution in [0.2, 0.25) is 0 Å². The molecule has 8 rings (SSSR count). The van der Waals surface area contributed by atoms with Crippen molar-refractivity contribution in [3.63, 3.8) is 0 Å². The third-order valence-corrected chi connectivity index (χ3v) is 7.93. The van der Waals surface area contributed by atoms with Gasteiger partial charge in [0.1, 0.15) is 11.2 Å². The summed E-state index contributed by atoms with van der Waals surface area (Å²) in [6, 6.07) is 36.0. The van der Waals surface area contributed by atoms with Crippen LogP contribution in [0.3, 0.4) is 0 Å². The largest absolute Gasteiger partial charge is 0.492 e. The molecule has 2 aliphatic carbocycles. The molecule has 1 spiro atoms. The molecular weight excluding hydrogens is 431 g/mol. The number of fused-ring (bicyclic) bond motifs is 14. The van der Waals surface area contributed by atoms with Crippen LogP contribution >= 0.6 is 0 Å². The highest BCUT2D eigenvalue weighted by Crippen LogP contribution is 2.64. The van der Waals surface area contributed by atoms with Gasteiger partial charge in [-0.05, 0) is 50.6 Å². The Bertz CT molecular complexity index is 1800. The zero-order valence-electron chi connectivity index (χ0n) is 18.7. The summed E-state index contributed by atoms with van der Waals surface area (Å²) in [5.74, 6) is 0. The van der Waals surface area contributed by atoms with Crippen molar-refractivity contribution in [3.8, 4) is 22.3 Å². The summed E-state index contributed by atoms with van der Waals surface area (Å²) < 4.78 is 6.26. The fourth-order valence-electron chi connectivity index (χ4n) is 6.70. The van der Waals surface area contributed by atoms with E-state index in [4.69, 9.17) is 4.42 Å². The Morgan fingerprint density at radius 3 is 1.83 bits per heavy atom. The van der Waals surface area contributed by atoms with Crippen LogP contribution in [0.25, 0.3) is 44.2 Å². The molecule has 0 radical (unpaired) electrons. The van der Waals surface area contributed by atoms with Gasteiger partial charge in [-0.2, -0.15) is 0 Å². The molecule has 0 bridgehead atoms. The van der Waals surface area contributed by atoms with Gasteiger partial charge in [0.2, 0.25) is 0 Å². The minimum atomic E-state index is -1.60. The van der Waals surface area contributed by atoms with Crippen LogP contribution in [0, 0.1) is 0 Å². The van der Waals surface area contributed by atoms with Crippen molar-refractivity contribution in [2.24, 2.45) is 0 Å². The van der Waals surface area contributed by atoms with Gasteiger partial charge in [0.25, 0.3) is 0 Å². The molecule has 0 atom stereocenters. The second kappa shape index (κ2) is 6.51. The standard InChI is InChI=1S/C31H19BO3/c33-32(34)26-15-7-11-21-29-27(35-30(21)26)17-16-25-28(29)20-10-3-6-14-24(20)31(25)22-12-4-1-8-18(22)19-9-2-5-13-23(19)31/h1-17,33-34H. The molecule has 35 heavy (non-hydrogen) atoms. The minimum Gasteiger partial charge on any atom is -0.456 e. The predicted molar refractivity (Wildman–Crippen MR) is 140 cm³/mol. The Morgan fingerprint density at radius 2 is 1.17 bits per heavy atom. The molecule has 1 aromatic heterocycles. The molecule has 0 fully saturated rings. The number of hydrogen-bond acceptors (Lipinski definition) is 3. The van der Waals surface area contributed by atoms with Crippen molar-refractivity contribution in [3.05, 3.63) is 125 Å². The third-order valence-electron chi connectivity index (χ3n) is 7.93. The highest BCUT2D eigenvalue weighted by atomic mass is 16.4. The third kappa shape index (κ3) is 2.15. The van der Waals surface area contributed by atoms with E-state index in [1.54, 1.807) is 6.07 Å². The van der Waals surface area contributed by atoms with Crippen molar-refractivity contribution in [1.82, 2.24) is 0 Å². The van der Waals surface area contributed by atoms with Crippen LogP contribution in [0.1, 0.15) is 22.3 Å². The lowest BCUT2D eigenvalue weighted by atomic mass is 9.70. The molecule has 4 heteroatoms. The molecule has 5 aromatic carbocycles. The van der Waals surface area contributed by atoms with E-state index >= 15 is 0 Å². The van der Waals surface area contributed by atoms with E-state index in [1.807, 2.05) is 18.2 Å². The number of rotatable bonds is 1. The molecule has 6 aromatic rings. The molecule has 3 nitrogen and oxygen atoms in total. The van der Waals surface area contributed by atoms with E-state index in [9.17, 15) is 10.0 Å². The first-order valence-electron chi connectivity index (χ1n) is 11.9. The van der Waals surface area contributed by atoms with E-state index in [-0.39, 0.29) is 0 Å². The van der Waals surface area contributed by atoms with Crippen LogP contribution in [-0.4, -0.2) is 17.2 Å². The van der Waals surface area contributed by atoms with Crippen LogP contribution in [0.15, 0.2) is 108 Å². The lowest BCUT2D eigenvalue weighted by Gasteiger charge is -2.30. The Balaban J connectivity index is 1.60. The van der Waals surface area contributed by atoms with Crippen LogP contribution in [0.4, 0.5) is 0 Å². The predicted octanol–water partition coefficient (Wildman–Crippen LogP) is 5.61. The molecule has 0 saturated carbocycles. The minimum absolute atomic E-state index is 0.380. The number of furan rings is 1. The zero-order valence-corrected chi connectivity index (χ0v) is 18.7. The van der Waals surface area contributed by atoms with Crippen molar-refractivity contribution >= 4 is 34.5 Å². The normalized spacial score (nSPS) is 14.2. The highest BCUT2D eigenvalue weighted by Gasteiger charge is 2.52. The SMILES string of the molecule is OB(O)c1cccc2c1oc1ccc3c(c12)-c1ccccc1C31c2ccccc2-c2ccccc21. The Hall–Kier alpha value is -4.12. The maximum atomic E-state index is 9.98. The lowest BCUT2D eigenvalue weighted by molar-refractivity contribution is 0.425. The molecule has 0 unspecified atom stereocenters. The lowest BCUT2D eigenvalue weighted by Crippen LogP contribution is -2.29. The van der Waals surface area contributed by atoms with Gasteiger partial charge in [-0.3, -0.25) is 0 Å². The van der Waals surface area contributed by atoms with E-state index in [0.717, 1.165) is 21.9 Å². The van der Waals surface area contributed by atoms with Gasteiger partial charge in [-0.25, -0.2) is 0 Å². The van der Waals surface area contributed by atoms with Crippen molar-refractivity contribution in [1.29, 1.82) is 0 Å². The quantitative estimate of drug-likeness (QED) is 0.320. The topological polar surface area (TPSA) is 53.6 Å². The number of para-hydroxylation sites is 1. The van der Waals surface area contributed by atoms with Gasteiger partial charge < -0.3 is 14.5 Å². The molecule has 2 aliphatic rings.